The van der Waals surface area contributed by atoms with Gasteiger partial charge in [0.1, 0.15) is 6.10 Å². The topological polar surface area (TPSA) is 63.4 Å². The SMILES string of the molecule is CC(C)COC(C)c1noc(CN2CCC(NC(C)C)CC2)n1. The molecule has 6 nitrogen and oxygen atoms in total. The summed E-state index contributed by atoms with van der Waals surface area (Å²) in [6, 6.07) is 1.19. The minimum Gasteiger partial charge on any atom is -0.370 e. The summed E-state index contributed by atoms with van der Waals surface area (Å²) in [5.41, 5.74) is 0. The van der Waals surface area contributed by atoms with E-state index in [4.69, 9.17) is 9.26 Å². The normalized spacial score (nSPS) is 18.9. The lowest BCUT2D eigenvalue weighted by molar-refractivity contribution is 0.0402. The molecule has 0 radical (unpaired) electrons. The lowest BCUT2D eigenvalue weighted by Gasteiger charge is -2.32. The first-order valence-corrected chi connectivity index (χ1v) is 8.86. The molecule has 6 heteroatoms. The first kappa shape index (κ1) is 18.4. The number of rotatable bonds is 8. The Morgan fingerprint density at radius 1 is 1.22 bits per heavy atom. The van der Waals surface area contributed by atoms with E-state index in [0.717, 1.165) is 19.6 Å². The molecule has 23 heavy (non-hydrogen) atoms. The van der Waals surface area contributed by atoms with Crippen LogP contribution in [0.5, 0.6) is 0 Å². The Kier molecular flexibility index (Phi) is 6.99. The highest BCUT2D eigenvalue weighted by molar-refractivity contribution is 4.91. The summed E-state index contributed by atoms with van der Waals surface area (Å²) >= 11 is 0. The van der Waals surface area contributed by atoms with Crippen LogP contribution in [0.2, 0.25) is 0 Å². The smallest absolute Gasteiger partial charge is 0.240 e. The van der Waals surface area contributed by atoms with Crippen LogP contribution in [0.3, 0.4) is 0 Å². The molecule has 132 valence electrons. The van der Waals surface area contributed by atoms with Crippen LogP contribution in [-0.4, -0.2) is 46.8 Å². The zero-order chi connectivity index (χ0) is 16.8. The van der Waals surface area contributed by atoms with E-state index in [1.165, 1.54) is 12.8 Å². The quantitative estimate of drug-likeness (QED) is 0.793. The summed E-state index contributed by atoms with van der Waals surface area (Å²) in [6.07, 6.45) is 2.23. The third kappa shape index (κ3) is 6.20. The molecule has 1 saturated heterocycles. The molecule has 0 aliphatic carbocycles. The molecule has 0 spiro atoms. The molecule has 1 aliphatic rings. The molecule has 2 heterocycles. The van der Waals surface area contributed by atoms with Gasteiger partial charge >= 0.3 is 0 Å². The standard InChI is InChI=1S/C17H32N4O2/c1-12(2)11-22-14(5)17-19-16(23-20-17)10-21-8-6-15(7-9-21)18-13(3)4/h12-15,18H,6-11H2,1-5H3. The maximum absolute atomic E-state index is 5.74. The molecule has 0 amide bonds. The Labute approximate surface area is 140 Å². The van der Waals surface area contributed by atoms with Crippen molar-refractivity contribution in [3.63, 3.8) is 0 Å². The Morgan fingerprint density at radius 2 is 1.91 bits per heavy atom. The fourth-order valence-electron chi connectivity index (χ4n) is 2.83. The van der Waals surface area contributed by atoms with Crippen LogP contribution in [0.4, 0.5) is 0 Å². The maximum atomic E-state index is 5.74. The molecule has 0 aromatic carbocycles. The van der Waals surface area contributed by atoms with E-state index in [1.807, 2.05) is 6.92 Å². The van der Waals surface area contributed by atoms with Crippen molar-refractivity contribution in [2.24, 2.45) is 5.92 Å². The van der Waals surface area contributed by atoms with E-state index in [9.17, 15) is 0 Å². The van der Waals surface area contributed by atoms with Gasteiger partial charge in [0.15, 0.2) is 5.82 Å². The van der Waals surface area contributed by atoms with E-state index in [2.05, 4.69) is 48.1 Å². The fourth-order valence-corrected chi connectivity index (χ4v) is 2.83. The molecule has 1 atom stereocenters. The molecule has 1 aliphatic heterocycles. The largest absolute Gasteiger partial charge is 0.370 e. The lowest BCUT2D eigenvalue weighted by atomic mass is 10.0. The number of ether oxygens (including phenoxy) is 1. The van der Waals surface area contributed by atoms with E-state index in [0.29, 0.717) is 36.3 Å². The average molecular weight is 324 g/mol. The van der Waals surface area contributed by atoms with E-state index in [-0.39, 0.29) is 6.10 Å². The zero-order valence-corrected chi connectivity index (χ0v) is 15.2. The van der Waals surface area contributed by atoms with Gasteiger partial charge in [0.2, 0.25) is 5.89 Å². The molecule has 1 aromatic heterocycles. The van der Waals surface area contributed by atoms with Crippen molar-refractivity contribution in [1.29, 1.82) is 0 Å². The Morgan fingerprint density at radius 3 is 2.52 bits per heavy atom. The predicted molar refractivity (Wildman–Crippen MR) is 90.1 cm³/mol. The molecule has 1 unspecified atom stereocenters. The minimum absolute atomic E-state index is 0.115. The van der Waals surface area contributed by atoms with Crippen molar-refractivity contribution in [1.82, 2.24) is 20.4 Å². The number of nitrogens with zero attached hydrogens (tertiary/aromatic N) is 3. The molecule has 0 bridgehead atoms. The van der Waals surface area contributed by atoms with Gasteiger partial charge in [0.05, 0.1) is 6.54 Å². The van der Waals surface area contributed by atoms with Gasteiger partial charge in [0.25, 0.3) is 0 Å². The summed E-state index contributed by atoms with van der Waals surface area (Å²) in [6.45, 7) is 14.2. The third-order valence-corrected chi connectivity index (χ3v) is 4.04. The zero-order valence-electron chi connectivity index (χ0n) is 15.2. The Hall–Kier alpha value is -0.980. The van der Waals surface area contributed by atoms with Crippen molar-refractivity contribution in [3.05, 3.63) is 11.7 Å². The lowest BCUT2D eigenvalue weighted by Crippen LogP contribution is -2.44. The number of likely N-dealkylation sites (tertiary alicyclic amines) is 1. The van der Waals surface area contributed by atoms with Gasteiger partial charge in [-0.25, -0.2) is 0 Å². The van der Waals surface area contributed by atoms with Crippen LogP contribution < -0.4 is 5.32 Å². The molecule has 1 fully saturated rings. The van der Waals surface area contributed by atoms with E-state index >= 15 is 0 Å². The molecular weight excluding hydrogens is 292 g/mol. The monoisotopic (exact) mass is 324 g/mol. The van der Waals surface area contributed by atoms with Crippen LogP contribution >= 0.6 is 0 Å². The van der Waals surface area contributed by atoms with Gasteiger partial charge in [-0.15, -0.1) is 0 Å². The Balaban J connectivity index is 1.76. The van der Waals surface area contributed by atoms with Crippen LogP contribution in [0.1, 0.15) is 65.3 Å². The first-order valence-electron chi connectivity index (χ1n) is 8.86. The highest BCUT2D eigenvalue weighted by atomic mass is 16.5. The summed E-state index contributed by atoms with van der Waals surface area (Å²) < 4.78 is 11.1. The second kappa shape index (κ2) is 8.76. The highest BCUT2D eigenvalue weighted by Crippen LogP contribution is 2.17. The van der Waals surface area contributed by atoms with Crippen molar-refractivity contribution in [2.75, 3.05) is 19.7 Å². The second-order valence-electron chi connectivity index (χ2n) is 7.29. The molecule has 0 saturated carbocycles. The summed E-state index contributed by atoms with van der Waals surface area (Å²) in [4.78, 5) is 6.87. The minimum atomic E-state index is -0.115. The summed E-state index contributed by atoms with van der Waals surface area (Å²) in [5.74, 6) is 1.84. The fraction of sp³-hybridized carbons (Fsp3) is 0.882. The highest BCUT2D eigenvalue weighted by Gasteiger charge is 2.22. The summed E-state index contributed by atoms with van der Waals surface area (Å²) in [5, 5.41) is 7.68. The molecule has 2 rings (SSSR count). The van der Waals surface area contributed by atoms with Gasteiger partial charge < -0.3 is 14.6 Å². The maximum Gasteiger partial charge on any atom is 0.240 e. The van der Waals surface area contributed by atoms with Crippen LogP contribution in [0.25, 0.3) is 0 Å². The van der Waals surface area contributed by atoms with E-state index in [1.54, 1.807) is 0 Å². The van der Waals surface area contributed by atoms with Gasteiger partial charge in [-0.1, -0.05) is 32.9 Å². The number of nitrogens with one attached hydrogen (secondary N) is 1. The van der Waals surface area contributed by atoms with Crippen molar-refractivity contribution in [3.8, 4) is 0 Å². The first-order chi connectivity index (χ1) is 10.9. The van der Waals surface area contributed by atoms with Crippen molar-refractivity contribution in [2.45, 2.75) is 72.2 Å². The number of aromatic nitrogens is 2. The number of piperidine rings is 1. The van der Waals surface area contributed by atoms with Crippen LogP contribution in [0, 0.1) is 5.92 Å². The van der Waals surface area contributed by atoms with Crippen LogP contribution in [-0.2, 0) is 11.3 Å². The predicted octanol–water partition coefficient (Wildman–Crippen LogP) is 2.77. The number of hydrogen-bond acceptors (Lipinski definition) is 6. The van der Waals surface area contributed by atoms with Crippen LogP contribution in [0.15, 0.2) is 4.52 Å². The summed E-state index contributed by atoms with van der Waals surface area (Å²) in [7, 11) is 0. The second-order valence-corrected chi connectivity index (χ2v) is 7.29. The molecule has 1 aromatic rings. The Bertz CT molecular complexity index is 453. The van der Waals surface area contributed by atoms with Crippen molar-refractivity contribution < 1.29 is 9.26 Å². The van der Waals surface area contributed by atoms with Gasteiger partial charge in [-0.3, -0.25) is 4.90 Å². The third-order valence-electron chi connectivity index (χ3n) is 4.04. The van der Waals surface area contributed by atoms with Crippen molar-refractivity contribution >= 4 is 0 Å². The van der Waals surface area contributed by atoms with E-state index < -0.39 is 0 Å². The van der Waals surface area contributed by atoms with Gasteiger partial charge in [0, 0.05) is 31.8 Å². The van der Waals surface area contributed by atoms with Gasteiger partial charge in [-0.2, -0.15) is 4.98 Å². The molecule has 1 N–H and O–H groups in total. The van der Waals surface area contributed by atoms with Gasteiger partial charge in [-0.05, 0) is 25.7 Å². The molecular formula is C17H32N4O2. The average Bonchev–Trinajstić information content (AvgIpc) is 2.95. The number of hydrogen-bond donors (Lipinski definition) is 1.